The van der Waals surface area contributed by atoms with Gasteiger partial charge in [-0.1, -0.05) is 0 Å². The van der Waals surface area contributed by atoms with Crippen LogP contribution in [0.15, 0.2) is 0 Å². The van der Waals surface area contributed by atoms with Crippen molar-refractivity contribution >= 4 is 0 Å². The molecule has 1 saturated heterocycles. The summed E-state index contributed by atoms with van der Waals surface area (Å²) in [5.41, 5.74) is 0. The van der Waals surface area contributed by atoms with Crippen molar-refractivity contribution in [1.82, 2.24) is 4.90 Å². The van der Waals surface area contributed by atoms with Crippen LogP contribution in [-0.2, 0) is 4.74 Å². The van der Waals surface area contributed by atoms with Gasteiger partial charge in [-0.05, 0) is 12.3 Å². The highest BCUT2D eigenvalue weighted by Gasteiger charge is 2.44. The van der Waals surface area contributed by atoms with E-state index in [1.54, 1.807) is 0 Å². The van der Waals surface area contributed by atoms with Gasteiger partial charge in [-0.3, -0.25) is 4.90 Å². The molecule has 0 aromatic heterocycles. The van der Waals surface area contributed by atoms with Gasteiger partial charge < -0.3 is 9.84 Å². The average molecular weight is 182 g/mol. The molecule has 13 heavy (non-hydrogen) atoms. The van der Waals surface area contributed by atoms with Crippen molar-refractivity contribution in [1.29, 1.82) is 5.26 Å². The fourth-order valence-electron chi connectivity index (χ4n) is 1.96. The molecule has 0 bridgehead atoms. The van der Waals surface area contributed by atoms with Crippen molar-refractivity contribution in [2.24, 2.45) is 5.92 Å². The first-order chi connectivity index (χ1) is 6.36. The van der Waals surface area contributed by atoms with Gasteiger partial charge in [0.05, 0.1) is 19.3 Å². The first-order valence-electron chi connectivity index (χ1n) is 4.70. The van der Waals surface area contributed by atoms with Crippen LogP contribution >= 0.6 is 0 Å². The van der Waals surface area contributed by atoms with E-state index >= 15 is 0 Å². The molecule has 0 spiro atoms. The summed E-state index contributed by atoms with van der Waals surface area (Å²) in [6, 6.07) is 2.57. The molecule has 1 aliphatic carbocycles. The maximum atomic E-state index is 8.93. The van der Waals surface area contributed by atoms with E-state index in [1.165, 1.54) is 0 Å². The Hall–Kier alpha value is -0.630. The summed E-state index contributed by atoms with van der Waals surface area (Å²) in [5.74, 6) is 0.397. The number of hydrogen-bond acceptors (Lipinski definition) is 4. The Bertz CT molecular complexity index is 226. The second-order valence-corrected chi connectivity index (χ2v) is 3.70. The minimum Gasteiger partial charge on any atom is -0.396 e. The van der Waals surface area contributed by atoms with Gasteiger partial charge in [-0.2, -0.15) is 5.26 Å². The monoisotopic (exact) mass is 182 g/mol. The highest BCUT2D eigenvalue weighted by Crippen LogP contribution is 2.36. The van der Waals surface area contributed by atoms with Crippen LogP contribution < -0.4 is 0 Å². The van der Waals surface area contributed by atoms with E-state index in [9.17, 15) is 0 Å². The summed E-state index contributed by atoms with van der Waals surface area (Å²) >= 11 is 0. The third-order valence-electron chi connectivity index (χ3n) is 2.86. The van der Waals surface area contributed by atoms with Gasteiger partial charge in [0.25, 0.3) is 0 Å². The molecular weight excluding hydrogens is 168 g/mol. The van der Waals surface area contributed by atoms with Crippen molar-refractivity contribution in [2.45, 2.75) is 18.5 Å². The topological polar surface area (TPSA) is 56.5 Å². The lowest BCUT2D eigenvalue weighted by Gasteiger charge is -2.31. The van der Waals surface area contributed by atoms with E-state index in [0.717, 1.165) is 13.0 Å². The smallest absolute Gasteiger partial charge is 0.122 e. The van der Waals surface area contributed by atoms with E-state index in [-0.39, 0.29) is 12.6 Å². The van der Waals surface area contributed by atoms with E-state index in [4.69, 9.17) is 15.1 Å². The molecule has 1 N–H and O–H groups in total. The lowest BCUT2D eigenvalue weighted by molar-refractivity contribution is 0.00494. The van der Waals surface area contributed by atoms with E-state index < -0.39 is 0 Å². The molecule has 0 aromatic rings. The number of nitrogens with zero attached hydrogens (tertiary/aromatic N) is 2. The predicted octanol–water partition coefficient (Wildman–Crippen LogP) is -0.408. The Balaban J connectivity index is 1.93. The Kier molecular flexibility index (Phi) is 2.49. The lowest BCUT2D eigenvalue weighted by Crippen LogP contribution is -2.46. The highest BCUT2D eigenvalue weighted by atomic mass is 16.5. The number of rotatable bonds is 2. The average Bonchev–Trinajstić information content (AvgIpc) is 2.96. The second kappa shape index (κ2) is 3.62. The number of nitriles is 1. The maximum absolute atomic E-state index is 8.93. The summed E-state index contributed by atoms with van der Waals surface area (Å²) in [6.07, 6.45) is 1.04. The predicted molar refractivity (Wildman–Crippen MR) is 45.9 cm³/mol. The fraction of sp³-hybridized carbons (Fsp3) is 0.889. The molecule has 2 aliphatic rings. The number of aliphatic hydroxyl groups excluding tert-OH is 1. The molecule has 3 atom stereocenters. The molecular formula is C9H14N2O2. The number of ether oxygens (including phenoxy) is 1. The first kappa shape index (κ1) is 8.95. The van der Waals surface area contributed by atoms with Crippen molar-refractivity contribution in [3.8, 4) is 6.07 Å². The highest BCUT2D eigenvalue weighted by molar-refractivity contribution is 5.03. The van der Waals surface area contributed by atoms with Gasteiger partial charge in [0.2, 0.25) is 0 Å². The molecule has 0 amide bonds. The molecule has 72 valence electrons. The van der Waals surface area contributed by atoms with Crippen LogP contribution in [0.5, 0.6) is 0 Å². The zero-order chi connectivity index (χ0) is 9.26. The minimum absolute atomic E-state index is 0.102. The normalized spacial score (nSPS) is 39.8. The zero-order valence-corrected chi connectivity index (χ0v) is 7.52. The van der Waals surface area contributed by atoms with Crippen molar-refractivity contribution in [2.75, 3.05) is 26.4 Å². The maximum Gasteiger partial charge on any atom is 0.122 e. The summed E-state index contributed by atoms with van der Waals surface area (Å²) in [4.78, 5) is 2.17. The summed E-state index contributed by atoms with van der Waals surface area (Å²) in [6.45, 7) is 2.32. The fourth-order valence-corrected chi connectivity index (χ4v) is 1.96. The van der Waals surface area contributed by atoms with Gasteiger partial charge in [0, 0.05) is 19.2 Å². The first-order valence-corrected chi connectivity index (χ1v) is 4.70. The van der Waals surface area contributed by atoms with Crippen molar-refractivity contribution in [3.05, 3.63) is 0 Å². The van der Waals surface area contributed by atoms with Crippen LogP contribution in [0.3, 0.4) is 0 Å². The standard InChI is InChI=1S/C9H14N2O2/c10-4-8-6-13-2-1-11(8)9-3-7(9)5-12/h7-9,12H,1-3,5-6H2. The Morgan fingerprint density at radius 2 is 2.46 bits per heavy atom. The Labute approximate surface area is 77.7 Å². The molecule has 3 unspecified atom stereocenters. The molecule has 1 heterocycles. The SMILES string of the molecule is N#CC1COCCN1C1CC1CO. The number of morpholine rings is 1. The molecule has 1 saturated carbocycles. The largest absolute Gasteiger partial charge is 0.396 e. The molecule has 2 rings (SSSR count). The summed E-state index contributed by atoms with van der Waals surface area (Å²) in [7, 11) is 0. The Morgan fingerprint density at radius 3 is 3.08 bits per heavy atom. The third-order valence-corrected chi connectivity index (χ3v) is 2.86. The van der Waals surface area contributed by atoms with Crippen LogP contribution in [0.1, 0.15) is 6.42 Å². The molecule has 0 aromatic carbocycles. The quantitative estimate of drug-likeness (QED) is 0.631. The Morgan fingerprint density at radius 1 is 1.62 bits per heavy atom. The van der Waals surface area contributed by atoms with E-state index in [1.807, 2.05) is 0 Å². The molecule has 1 aliphatic heterocycles. The molecule has 0 radical (unpaired) electrons. The van der Waals surface area contributed by atoms with Gasteiger partial charge >= 0.3 is 0 Å². The lowest BCUT2D eigenvalue weighted by atomic mass is 10.2. The van der Waals surface area contributed by atoms with Gasteiger partial charge in [-0.25, -0.2) is 0 Å². The number of hydrogen-bond donors (Lipinski definition) is 1. The molecule has 4 nitrogen and oxygen atoms in total. The second-order valence-electron chi connectivity index (χ2n) is 3.70. The van der Waals surface area contributed by atoms with Gasteiger partial charge in [0.1, 0.15) is 6.04 Å². The van der Waals surface area contributed by atoms with E-state index in [0.29, 0.717) is 25.2 Å². The van der Waals surface area contributed by atoms with Crippen LogP contribution in [0.2, 0.25) is 0 Å². The van der Waals surface area contributed by atoms with Crippen LogP contribution in [0.4, 0.5) is 0 Å². The van der Waals surface area contributed by atoms with E-state index in [2.05, 4.69) is 11.0 Å². The summed E-state index contributed by atoms with van der Waals surface area (Å²) in [5, 5.41) is 17.8. The zero-order valence-electron chi connectivity index (χ0n) is 7.52. The van der Waals surface area contributed by atoms with Crippen LogP contribution in [-0.4, -0.2) is 48.5 Å². The van der Waals surface area contributed by atoms with Gasteiger partial charge in [0.15, 0.2) is 0 Å². The molecule has 2 fully saturated rings. The minimum atomic E-state index is -0.102. The molecule has 4 heteroatoms. The van der Waals surface area contributed by atoms with Crippen molar-refractivity contribution in [3.63, 3.8) is 0 Å². The number of aliphatic hydroxyl groups is 1. The summed E-state index contributed by atoms with van der Waals surface area (Å²) < 4.78 is 5.22. The van der Waals surface area contributed by atoms with Crippen molar-refractivity contribution < 1.29 is 9.84 Å². The van der Waals surface area contributed by atoms with Gasteiger partial charge in [-0.15, -0.1) is 0 Å². The third kappa shape index (κ3) is 1.68. The van der Waals surface area contributed by atoms with Crippen LogP contribution in [0.25, 0.3) is 0 Å². The van der Waals surface area contributed by atoms with Crippen LogP contribution in [0, 0.1) is 17.2 Å².